The van der Waals surface area contributed by atoms with Gasteiger partial charge in [-0.15, -0.1) is 0 Å². The summed E-state index contributed by atoms with van der Waals surface area (Å²) < 4.78 is 60.2. The van der Waals surface area contributed by atoms with Gasteiger partial charge < -0.3 is 14.7 Å². The smallest absolute Gasteiger partial charge is 0.326 e. The minimum Gasteiger partial charge on any atom is -0.480 e. The number of aliphatic carboxylic acids is 1. The van der Waals surface area contributed by atoms with Gasteiger partial charge in [0.15, 0.2) is 17.4 Å². The summed E-state index contributed by atoms with van der Waals surface area (Å²) in [6.07, 6.45) is 0.244. The third kappa shape index (κ3) is 3.83. The van der Waals surface area contributed by atoms with Crippen molar-refractivity contribution in [3.63, 3.8) is 0 Å². The third-order valence-corrected chi connectivity index (χ3v) is 4.17. The lowest BCUT2D eigenvalue weighted by atomic mass is 10.0. The molecule has 0 aliphatic carbocycles. The van der Waals surface area contributed by atoms with Crippen LogP contribution in [-0.4, -0.2) is 34.5 Å². The van der Waals surface area contributed by atoms with Crippen LogP contribution >= 0.6 is 0 Å². The number of hydrogen-bond acceptors (Lipinski definition) is 3. The van der Waals surface area contributed by atoms with E-state index < -0.39 is 65.5 Å². The fraction of sp³-hybridized carbons (Fsp3) is 0.158. The molecule has 146 valence electrons. The maximum absolute atomic E-state index is 13.9. The van der Waals surface area contributed by atoms with Crippen LogP contribution in [0.3, 0.4) is 0 Å². The molecular formula is C19H13F4NO4. The lowest BCUT2D eigenvalue weighted by molar-refractivity contribution is -0.147. The van der Waals surface area contributed by atoms with Crippen molar-refractivity contribution in [2.75, 3.05) is 6.54 Å². The van der Waals surface area contributed by atoms with Crippen molar-refractivity contribution in [1.29, 1.82) is 0 Å². The van der Waals surface area contributed by atoms with E-state index in [0.717, 1.165) is 47.4 Å². The molecule has 1 aliphatic rings. The highest BCUT2D eigenvalue weighted by atomic mass is 19.1. The van der Waals surface area contributed by atoms with Crippen molar-refractivity contribution >= 4 is 11.9 Å². The summed E-state index contributed by atoms with van der Waals surface area (Å²) in [7, 11) is 0. The summed E-state index contributed by atoms with van der Waals surface area (Å²) >= 11 is 0. The Morgan fingerprint density at radius 2 is 1.57 bits per heavy atom. The summed E-state index contributed by atoms with van der Waals surface area (Å²) in [5.74, 6) is -7.17. The van der Waals surface area contributed by atoms with Gasteiger partial charge in [-0.25, -0.2) is 22.4 Å². The molecule has 2 aromatic rings. The zero-order valence-corrected chi connectivity index (χ0v) is 14.2. The molecule has 0 fully saturated rings. The summed E-state index contributed by atoms with van der Waals surface area (Å²) in [5, 5.41) is 9.44. The van der Waals surface area contributed by atoms with E-state index in [1.165, 1.54) is 0 Å². The topological polar surface area (TPSA) is 66.8 Å². The Balaban J connectivity index is 1.81. The summed E-state index contributed by atoms with van der Waals surface area (Å²) in [6, 6.07) is 4.49. The van der Waals surface area contributed by atoms with Gasteiger partial charge in [-0.1, -0.05) is 12.1 Å². The lowest BCUT2D eigenvalue weighted by Crippen LogP contribution is -2.44. The van der Waals surface area contributed by atoms with E-state index in [1.807, 2.05) is 0 Å². The van der Waals surface area contributed by atoms with Crippen LogP contribution in [-0.2, 0) is 16.0 Å². The summed E-state index contributed by atoms with van der Waals surface area (Å²) in [6.45, 7) is -0.431. The number of nitrogens with zero attached hydrogens (tertiary/aromatic N) is 1. The number of para-hydroxylation sites is 1. The molecule has 2 aromatic carbocycles. The van der Waals surface area contributed by atoms with E-state index in [1.54, 1.807) is 0 Å². The van der Waals surface area contributed by atoms with Gasteiger partial charge in [-0.05, 0) is 24.3 Å². The van der Waals surface area contributed by atoms with Gasteiger partial charge in [0.25, 0.3) is 5.91 Å². The van der Waals surface area contributed by atoms with Crippen molar-refractivity contribution in [3.8, 4) is 5.75 Å². The standard InChI is InChI=1S/C19H13F4NO4/c20-12-3-1-4-13(21)11(12)8-16(19(26)27)24-9-10(7-17(24)25)28-18-14(22)5-2-6-15(18)23/h1-7,16H,8-9H2,(H,26,27). The molecule has 1 atom stereocenters. The second kappa shape index (κ2) is 7.71. The highest BCUT2D eigenvalue weighted by molar-refractivity contribution is 5.94. The van der Waals surface area contributed by atoms with Crippen LogP contribution in [0.1, 0.15) is 5.56 Å². The molecule has 1 aliphatic heterocycles. The van der Waals surface area contributed by atoms with Crippen molar-refractivity contribution in [3.05, 3.63) is 77.1 Å². The molecule has 0 spiro atoms. The lowest BCUT2D eigenvalue weighted by Gasteiger charge is -2.25. The SMILES string of the molecule is O=C(O)C(Cc1c(F)cccc1F)N1CC(Oc2c(F)cccc2F)=CC1=O. The van der Waals surface area contributed by atoms with Gasteiger partial charge in [0, 0.05) is 18.1 Å². The fourth-order valence-electron chi connectivity index (χ4n) is 2.80. The van der Waals surface area contributed by atoms with Gasteiger partial charge in [0.2, 0.25) is 0 Å². The maximum Gasteiger partial charge on any atom is 0.326 e. The van der Waals surface area contributed by atoms with Crippen LogP contribution in [0, 0.1) is 23.3 Å². The zero-order chi connectivity index (χ0) is 20.4. The third-order valence-electron chi connectivity index (χ3n) is 4.17. The zero-order valence-electron chi connectivity index (χ0n) is 14.2. The minimum absolute atomic E-state index is 0.200. The first-order valence-electron chi connectivity index (χ1n) is 8.06. The molecule has 1 unspecified atom stereocenters. The monoisotopic (exact) mass is 395 g/mol. The number of carboxylic acid groups (broad SMARTS) is 1. The van der Waals surface area contributed by atoms with Crippen LogP contribution in [0.5, 0.6) is 5.75 Å². The number of hydrogen-bond donors (Lipinski definition) is 1. The Morgan fingerprint density at radius 1 is 1.04 bits per heavy atom. The molecule has 9 heteroatoms. The van der Waals surface area contributed by atoms with E-state index in [-0.39, 0.29) is 5.76 Å². The quantitative estimate of drug-likeness (QED) is 0.764. The van der Waals surface area contributed by atoms with E-state index in [2.05, 4.69) is 0 Å². The molecule has 0 saturated heterocycles. The van der Waals surface area contributed by atoms with E-state index >= 15 is 0 Å². The Kier molecular flexibility index (Phi) is 5.34. The van der Waals surface area contributed by atoms with Gasteiger partial charge in [-0.2, -0.15) is 0 Å². The summed E-state index contributed by atoms with van der Waals surface area (Å²) in [4.78, 5) is 24.6. The molecule has 0 aromatic heterocycles. The van der Waals surface area contributed by atoms with Gasteiger partial charge >= 0.3 is 5.97 Å². The number of benzene rings is 2. The first-order valence-corrected chi connectivity index (χ1v) is 8.06. The molecule has 5 nitrogen and oxygen atoms in total. The van der Waals surface area contributed by atoms with Crippen LogP contribution in [0.4, 0.5) is 17.6 Å². The Labute approximate surface area is 156 Å². The van der Waals surface area contributed by atoms with E-state index in [4.69, 9.17) is 4.74 Å². The average molecular weight is 395 g/mol. The Bertz CT molecular complexity index is 936. The molecular weight excluding hydrogens is 382 g/mol. The molecule has 0 radical (unpaired) electrons. The largest absolute Gasteiger partial charge is 0.480 e. The maximum atomic E-state index is 13.9. The van der Waals surface area contributed by atoms with Crippen molar-refractivity contribution in [2.45, 2.75) is 12.5 Å². The summed E-state index contributed by atoms with van der Waals surface area (Å²) in [5.41, 5.74) is -0.489. The van der Waals surface area contributed by atoms with Gasteiger partial charge in [-0.3, -0.25) is 4.79 Å². The molecule has 0 saturated carbocycles. The first kappa shape index (κ1) is 19.4. The van der Waals surface area contributed by atoms with Gasteiger partial charge in [0.1, 0.15) is 23.4 Å². The predicted octanol–water partition coefficient (Wildman–Crippen LogP) is 3.04. The van der Waals surface area contributed by atoms with Crippen LogP contribution in [0.25, 0.3) is 0 Å². The Hall–Kier alpha value is -3.36. The number of ether oxygens (including phenoxy) is 1. The number of carboxylic acids is 1. The number of amides is 1. The molecule has 1 amide bonds. The number of carbonyl (C=O) groups is 2. The second-order valence-electron chi connectivity index (χ2n) is 5.99. The predicted molar refractivity (Wildman–Crippen MR) is 88.3 cm³/mol. The second-order valence-corrected chi connectivity index (χ2v) is 5.99. The van der Waals surface area contributed by atoms with E-state index in [0.29, 0.717) is 0 Å². The van der Waals surface area contributed by atoms with Crippen molar-refractivity contribution in [1.82, 2.24) is 4.90 Å². The molecule has 1 N–H and O–H groups in total. The average Bonchev–Trinajstić information content (AvgIpc) is 2.98. The molecule has 1 heterocycles. The highest BCUT2D eigenvalue weighted by Gasteiger charge is 2.36. The van der Waals surface area contributed by atoms with Crippen LogP contribution in [0.2, 0.25) is 0 Å². The number of carbonyl (C=O) groups excluding carboxylic acids is 1. The van der Waals surface area contributed by atoms with Crippen LogP contribution < -0.4 is 4.74 Å². The van der Waals surface area contributed by atoms with Crippen molar-refractivity contribution < 1.29 is 37.0 Å². The first-order chi connectivity index (χ1) is 13.3. The number of rotatable bonds is 6. The normalized spacial score (nSPS) is 14.8. The Morgan fingerprint density at radius 3 is 2.11 bits per heavy atom. The van der Waals surface area contributed by atoms with Crippen LogP contribution in [0.15, 0.2) is 48.2 Å². The number of halogens is 4. The van der Waals surface area contributed by atoms with E-state index in [9.17, 15) is 32.3 Å². The molecule has 3 rings (SSSR count). The molecule has 28 heavy (non-hydrogen) atoms. The molecule has 0 bridgehead atoms. The fourth-order valence-corrected chi connectivity index (χ4v) is 2.80. The van der Waals surface area contributed by atoms with Crippen molar-refractivity contribution in [2.24, 2.45) is 0 Å². The van der Waals surface area contributed by atoms with Gasteiger partial charge in [0.05, 0.1) is 6.54 Å². The highest BCUT2D eigenvalue weighted by Crippen LogP contribution is 2.26. The minimum atomic E-state index is -1.61.